The second kappa shape index (κ2) is 9.38. The van der Waals surface area contributed by atoms with E-state index in [2.05, 4.69) is 11.0 Å². The molecule has 1 saturated carbocycles. The molecule has 0 bridgehead atoms. The number of amides is 1. The molecule has 2 aromatic rings. The number of hydrogen-bond donors (Lipinski definition) is 0. The van der Waals surface area contributed by atoms with E-state index in [9.17, 15) is 4.79 Å². The summed E-state index contributed by atoms with van der Waals surface area (Å²) in [7, 11) is 0. The summed E-state index contributed by atoms with van der Waals surface area (Å²) in [4.78, 5) is 15.7. The molecule has 1 saturated heterocycles. The normalized spacial score (nSPS) is 24.6. The molecule has 2 aliphatic heterocycles. The van der Waals surface area contributed by atoms with Crippen LogP contribution in [0.5, 0.6) is 0 Å². The van der Waals surface area contributed by atoms with Gasteiger partial charge in [-0.25, -0.2) is 5.01 Å². The lowest BCUT2D eigenvalue weighted by atomic mass is 9.77. The zero-order valence-corrected chi connectivity index (χ0v) is 19.5. The number of nitrogens with zero attached hydrogens (tertiary/aromatic N) is 3. The summed E-state index contributed by atoms with van der Waals surface area (Å²) < 4.78 is 0. The summed E-state index contributed by atoms with van der Waals surface area (Å²) >= 11 is 12.2. The molecule has 4 nitrogen and oxygen atoms in total. The van der Waals surface area contributed by atoms with E-state index in [1.165, 1.54) is 18.4 Å². The van der Waals surface area contributed by atoms with Crippen molar-refractivity contribution in [3.05, 3.63) is 75.3 Å². The van der Waals surface area contributed by atoms with Crippen LogP contribution in [0.4, 0.5) is 0 Å². The average Bonchev–Trinajstić information content (AvgIpc) is 3.44. The first-order chi connectivity index (χ1) is 15.6. The number of hydrogen-bond acceptors (Lipinski definition) is 3. The Bertz CT molecular complexity index is 1040. The van der Waals surface area contributed by atoms with Gasteiger partial charge >= 0.3 is 0 Å². The van der Waals surface area contributed by atoms with Gasteiger partial charge in [0.2, 0.25) is 0 Å². The number of allylic oxidation sites excluding steroid dienone is 1. The largest absolute Gasteiger partial charge is 0.294 e. The first-order valence-electron chi connectivity index (χ1n) is 11.4. The van der Waals surface area contributed by atoms with Gasteiger partial charge in [-0.3, -0.25) is 9.69 Å². The molecule has 0 aromatic heterocycles. The first kappa shape index (κ1) is 21.7. The number of likely N-dealkylation sites (tertiary alicyclic amines) is 1. The molecule has 1 aliphatic carbocycles. The zero-order valence-electron chi connectivity index (χ0n) is 18.0. The molecular weight excluding hydrogens is 441 g/mol. The van der Waals surface area contributed by atoms with Crippen LogP contribution in [0.3, 0.4) is 0 Å². The Hall–Kier alpha value is -2.14. The average molecular weight is 468 g/mol. The molecule has 2 heterocycles. The summed E-state index contributed by atoms with van der Waals surface area (Å²) in [5, 5.41) is 8.17. The van der Waals surface area contributed by atoms with Crippen LogP contribution in [0.25, 0.3) is 6.08 Å². The van der Waals surface area contributed by atoms with E-state index < -0.39 is 0 Å². The summed E-state index contributed by atoms with van der Waals surface area (Å²) in [5.41, 5.74) is 4.48. The summed E-state index contributed by atoms with van der Waals surface area (Å²) in [6.07, 6.45) is 7.62. The Labute approximate surface area is 199 Å². The standard InChI is InChI=1S/C26H27Cl2N3O/c27-21-10-6-18(7-11-21)16-20-4-3-5-23-25(20)29-31(24(32)17-30-14-1-2-15-30)26(23)19-8-12-22(28)13-9-19/h6-13,16,23,26H,1-5,14-15,17H2/b20-16+. The Morgan fingerprint density at radius 2 is 1.62 bits per heavy atom. The van der Waals surface area contributed by atoms with Crippen molar-refractivity contribution < 1.29 is 4.79 Å². The van der Waals surface area contributed by atoms with E-state index >= 15 is 0 Å². The summed E-state index contributed by atoms with van der Waals surface area (Å²) in [5.74, 6) is 0.283. The van der Waals surface area contributed by atoms with Gasteiger partial charge in [0.1, 0.15) is 0 Å². The maximum Gasteiger partial charge on any atom is 0.257 e. The topological polar surface area (TPSA) is 35.9 Å². The van der Waals surface area contributed by atoms with E-state index in [1.54, 1.807) is 5.01 Å². The maximum atomic E-state index is 13.4. The van der Waals surface area contributed by atoms with Gasteiger partial charge in [-0.15, -0.1) is 0 Å². The Balaban J connectivity index is 1.49. The number of benzene rings is 2. The Kier molecular flexibility index (Phi) is 6.36. The van der Waals surface area contributed by atoms with Crippen molar-refractivity contribution in [2.24, 2.45) is 11.0 Å². The number of halogens is 2. The fraction of sp³-hybridized carbons (Fsp3) is 0.385. The minimum atomic E-state index is -0.0775. The third-order valence-corrected chi connectivity index (χ3v) is 7.24. The van der Waals surface area contributed by atoms with Crippen molar-refractivity contribution in [1.82, 2.24) is 9.91 Å². The molecule has 0 N–H and O–H groups in total. The minimum absolute atomic E-state index is 0.0775. The molecule has 2 fully saturated rings. The van der Waals surface area contributed by atoms with Gasteiger partial charge in [-0.2, -0.15) is 5.10 Å². The molecule has 1 amide bonds. The smallest absolute Gasteiger partial charge is 0.257 e. The monoisotopic (exact) mass is 467 g/mol. The highest BCUT2D eigenvalue weighted by molar-refractivity contribution is 6.30. The second-order valence-electron chi connectivity index (χ2n) is 8.92. The first-order valence-corrected chi connectivity index (χ1v) is 12.2. The van der Waals surface area contributed by atoms with Crippen molar-refractivity contribution in [2.45, 2.75) is 38.1 Å². The van der Waals surface area contributed by atoms with Crippen LogP contribution >= 0.6 is 23.2 Å². The lowest BCUT2D eigenvalue weighted by Gasteiger charge is -2.30. The molecule has 5 rings (SSSR count). The predicted octanol–water partition coefficient (Wildman–Crippen LogP) is 6.21. The lowest BCUT2D eigenvalue weighted by Crippen LogP contribution is -2.38. The van der Waals surface area contributed by atoms with Gasteiger partial charge in [0.25, 0.3) is 5.91 Å². The van der Waals surface area contributed by atoms with E-state index in [1.807, 2.05) is 48.5 Å². The molecule has 2 atom stereocenters. The highest BCUT2D eigenvalue weighted by Crippen LogP contribution is 2.44. The zero-order chi connectivity index (χ0) is 22.1. The lowest BCUT2D eigenvalue weighted by molar-refractivity contribution is -0.134. The van der Waals surface area contributed by atoms with Crippen LogP contribution < -0.4 is 0 Å². The van der Waals surface area contributed by atoms with Crippen molar-refractivity contribution >= 4 is 40.9 Å². The Morgan fingerprint density at radius 1 is 0.969 bits per heavy atom. The van der Waals surface area contributed by atoms with Gasteiger partial charge in [-0.05, 0) is 92.2 Å². The molecule has 32 heavy (non-hydrogen) atoms. The molecule has 3 aliphatic rings. The van der Waals surface area contributed by atoms with Crippen LogP contribution in [-0.2, 0) is 4.79 Å². The van der Waals surface area contributed by atoms with E-state index in [4.69, 9.17) is 28.3 Å². The third-order valence-electron chi connectivity index (χ3n) is 6.74. The molecule has 166 valence electrons. The minimum Gasteiger partial charge on any atom is -0.294 e. The van der Waals surface area contributed by atoms with Gasteiger partial charge in [-0.1, -0.05) is 47.5 Å². The van der Waals surface area contributed by atoms with Crippen molar-refractivity contribution in [3.8, 4) is 0 Å². The van der Waals surface area contributed by atoms with Gasteiger partial charge in [0.15, 0.2) is 0 Å². The van der Waals surface area contributed by atoms with Crippen LogP contribution in [0.1, 0.15) is 49.3 Å². The van der Waals surface area contributed by atoms with Gasteiger partial charge in [0, 0.05) is 16.0 Å². The number of carbonyl (C=O) groups excluding carboxylic acids is 1. The Morgan fingerprint density at radius 3 is 2.31 bits per heavy atom. The fourth-order valence-electron chi connectivity index (χ4n) is 5.16. The quantitative estimate of drug-likeness (QED) is 0.535. The van der Waals surface area contributed by atoms with E-state index in [-0.39, 0.29) is 17.9 Å². The highest BCUT2D eigenvalue weighted by Gasteiger charge is 2.43. The second-order valence-corrected chi connectivity index (χ2v) is 9.80. The van der Waals surface area contributed by atoms with Crippen molar-refractivity contribution in [3.63, 3.8) is 0 Å². The molecule has 2 aromatic carbocycles. The number of rotatable bonds is 4. The van der Waals surface area contributed by atoms with Crippen LogP contribution in [0, 0.1) is 5.92 Å². The van der Waals surface area contributed by atoms with Crippen molar-refractivity contribution in [1.29, 1.82) is 0 Å². The molecule has 2 unspecified atom stereocenters. The molecule has 0 radical (unpaired) electrons. The number of carbonyl (C=O) groups is 1. The van der Waals surface area contributed by atoms with Crippen LogP contribution in [0.2, 0.25) is 10.0 Å². The van der Waals surface area contributed by atoms with Crippen LogP contribution in [-0.4, -0.2) is 41.2 Å². The highest BCUT2D eigenvalue weighted by atomic mass is 35.5. The molecule has 0 spiro atoms. The summed E-state index contributed by atoms with van der Waals surface area (Å²) in [6.45, 7) is 2.42. The maximum absolute atomic E-state index is 13.4. The van der Waals surface area contributed by atoms with Crippen molar-refractivity contribution in [2.75, 3.05) is 19.6 Å². The third kappa shape index (κ3) is 4.50. The fourth-order valence-corrected chi connectivity index (χ4v) is 5.42. The predicted molar refractivity (Wildman–Crippen MR) is 131 cm³/mol. The molecular formula is C26H27Cl2N3O. The SMILES string of the molecule is O=C(CN1CCCC1)N1N=C2/C(=C/c3ccc(Cl)cc3)CCCC2C1c1ccc(Cl)cc1. The van der Waals surface area contributed by atoms with E-state index in [0.29, 0.717) is 11.6 Å². The molecule has 6 heteroatoms. The van der Waals surface area contributed by atoms with E-state index in [0.717, 1.165) is 54.2 Å². The van der Waals surface area contributed by atoms with Crippen LogP contribution in [0.15, 0.2) is 59.2 Å². The van der Waals surface area contributed by atoms with Gasteiger partial charge < -0.3 is 0 Å². The number of hydrazone groups is 1. The number of fused-ring (bicyclic) bond motifs is 1. The summed E-state index contributed by atoms with van der Waals surface area (Å²) in [6, 6.07) is 15.7. The van der Waals surface area contributed by atoms with Gasteiger partial charge in [0.05, 0.1) is 18.3 Å².